The van der Waals surface area contributed by atoms with Crippen molar-refractivity contribution in [2.75, 3.05) is 11.0 Å². The molecule has 1 heterocycles. The van der Waals surface area contributed by atoms with Crippen molar-refractivity contribution in [2.45, 2.75) is 0 Å². The van der Waals surface area contributed by atoms with Crippen LogP contribution in [0.2, 0.25) is 0 Å². The van der Waals surface area contributed by atoms with Crippen molar-refractivity contribution in [3.63, 3.8) is 0 Å². The molecule has 0 saturated carbocycles. The zero-order valence-electron chi connectivity index (χ0n) is 6.88. The Hall–Kier alpha value is 0.0400. The fourth-order valence-corrected chi connectivity index (χ4v) is 2.20. The predicted octanol–water partition coefficient (Wildman–Crippen LogP) is 1.96. The molecule has 0 bridgehead atoms. The van der Waals surface area contributed by atoms with E-state index in [1.807, 2.05) is 0 Å². The topological polar surface area (TPSA) is 59.1 Å². The maximum absolute atomic E-state index is 12.9. The average molecular weight is 395 g/mol. The van der Waals surface area contributed by atoms with Crippen LogP contribution in [0.25, 0.3) is 0 Å². The van der Waals surface area contributed by atoms with Crippen molar-refractivity contribution in [3.05, 3.63) is 20.1 Å². The van der Waals surface area contributed by atoms with Gasteiger partial charge in [-0.25, -0.2) is 17.8 Å². The Bertz CT molecular complexity index is 465. The molecule has 0 spiro atoms. The van der Waals surface area contributed by atoms with Gasteiger partial charge in [0.1, 0.15) is 0 Å². The molecule has 8 heteroatoms. The van der Waals surface area contributed by atoms with E-state index in [0.717, 1.165) is 12.5 Å². The molecular weight excluding hydrogens is 390 g/mol. The van der Waals surface area contributed by atoms with Gasteiger partial charge in [-0.15, -0.1) is 0 Å². The summed E-state index contributed by atoms with van der Waals surface area (Å²) >= 11 is 4.77. The standard InChI is InChI=1S/C6H5BrFIN2O2S/c1-14(12,13)11-6-5(9)4(7)3(8)2-10-6/h2H,1H3,(H,10,11). The molecule has 0 aromatic carbocycles. The van der Waals surface area contributed by atoms with Crippen molar-refractivity contribution in [1.82, 2.24) is 4.98 Å². The second-order valence-electron chi connectivity index (χ2n) is 2.46. The Morgan fingerprint density at radius 3 is 2.71 bits per heavy atom. The number of pyridine rings is 1. The number of hydrogen-bond acceptors (Lipinski definition) is 3. The van der Waals surface area contributed by atoms with Crippen molar-refractivity contribution < 1.29 is 12.8 Å². The van der Waals surface area contributed by atoms with Gasteiger partial charge in [0.2, 0.25) is 10.0 Å². The summed E-state index contributed by atoms with van der Waals surface area (Å²) in [5.41, 5.74) is 0. The first kappa shape index (κ1) is 12.1. The Labute approximate surface area is 103 Å². The summed E-state index contributed by atoms with van der Waals surface area (Å²) < 4.78 is 37.4. The molecule has 0 aliphatic heterocycles. The number of hydrogen-bond donors (Lipinski definition) is 1. The summed E-state index contributed by atoms with van der Waals surface area (Å²) in [5.74, 6) is -0.421. The quantitative estimate of drug-likeness (QED) is 0.780. The molecule has 0 radical (unpaired) electrons. The number of sulfonamides is 1. The minimum absolute atomic E-state index is 0.112. The van der Waals surface area contributed by atoms with Gasteiger partial charge in [0.15, 0.2) is 11.6 Å². The maximum Gasteiger partial charge on any atom is 0.231 e. The van der Waals surface area contributed by atoms with Crippen molar-refractivity contribution in [3.8, 4) is 0 Å². The Morgan fingerprint density at radius 1 is 1.64 bits per heavy atom. The molecule has 1 aromatic rings. The van der Waals surface area contributed by atoms with E-state index in [4.69, 9.17) is 0 Å². The summed E-state index contributed by atoms with van der Waals surface area (Å²) in [6, 6.07) is 0. The number of nitrogens with one attached hydrogen (secondary N) is 1. The highest BCUT2D eigenvalue weighted by atomic mass is 127. The van der Waals surface area contributed by atoms with Gasteiger partial charge in [0, 0.05) is 0 Å². The summed E-state index contributed by atoms with van der Waals surface area (Å²) in [6.07, 6.45) is 1.95. The van der Waals surface area contributed by atoms with E-state index in [2.05, 4.69) is 25.6 Å². The number of rotatable bonds is 2. The summed E-state index contributed by atoms with van der Waals surface area (Å²) in [5, 5.41) is 0. The van der Waals surface area contributed by atoms with Crippen LogP contribution in [0, 0.1) is 9.39 Å². The highest BCUT2D eigenvalue weighted by molar-refractivity contribution is 14.1. The zero-order valence-corrected chi connectivity index (χ0v) is 11.4. The highest BCUT2D eigenvalue weighted by Gasteiger charge is 2.12. The molecule has 0 atom stereocenters. The van der Waals surface area contributed by atoms with E-state index in [1.165, 1.54) is 0 Å². The van der Waals surface area contributed by atoms with E-state index >= 15 is 0 Å². The Kier molecular flexibility index (Phi) is 3.69. The molecule has 78 valence electrons. The molecule has 0 amide bonds. The molecule has 1 N–H and O–H groups in total. The minimum atomic E-state index is -3.39. The first-order chi connectivity index (χ1) is 6.31. The average Bonchev–Trinajstić information content (AvgIpc) is 2.04. The van der Waals surface area contributed by atoms with Crippen LogP contribution in [0.3, 0.4) is 0 Å². The maximum atomic E-state index is 12.9. The third-order valence-corrected chi connectivity index (χ3v) is 4.33. The van der Waals surface area contributed by atoms with Crippen LogP contribution in [0.4, 0.5) is 10.2 Å². The van der Waals surface area contributed by atoms with Crippen LogP contribution < -0.4 is 4.72 Å². The third-order valence-electron chi connectivity index (χ3n) is 1.20. The number of nitrogens with zero attached hydrogens (tertiary/aromatic N) is 1. The Morgan fingerprint density at radius 2 is 2.21 bits per heavy atom. The predicted molar refractivity (Wildman–Crippen MR) is 63.1 cm³/mol. The highest BCUT2D eigenvalue weighted by Crippen LogP contribution is 2.27. The van der Waals surface area contributed by atoms with E-state index in [9.17, 15) is 12.8 Å². The third kappa shape index (κ3) is 3.02. The lowest BCUT2D eigenvalue weighted by molar-refractivity contribution is 0.604. The fraction of sp³-hybridized carbons (Fsp3) is 0.167. The molecule has 14 heavy (non-hydrogen) atoms. The Balaban J connectivity index is 3.19. The van der Waals surface area contributed by atoms with Crippen molar-refractivity contribution in [1.29, 1.82) is 0 Å². The van der Waals surface area contributed by atoms with Crippen LogP contribution in [0.5, 0.6) is 0 Å². The molecule has 4 nitrogen and oxygen atoms in total. The number of anilines is 1. The van der Waals surface area contributed by atoms with E-state index in [1.54, 1.807) is 22.6 Å². The van der Waals surface area contributed by atoms with Crippen molar-refractivity contribution in [2.24, 2.45) is 0 Å². The molecule has 0 aliphatic carbocycles. The van der Waals surface area contributed by atoms with Gasteiger partial charge in [-0.2, -0.15) is 0 Å². The van der Waals surface area contributed by atoms with Crippen LogP contribution in [-0.2, 0) is 10.0 Å². The smallest absolute Gasteiger partial charge is 0.231 e. The van der Waals surface area contributed by atoms with Gasteiger partial charge < -0.3 is 0 Å². The fourth-order valence-electron chi connectivity index (χ4n) is 0.690. The molecule has 0 aliphatic rings. The van der Waals surface area contributed by atoms with Crippen molar-refractivity contribution >= 4 is 54.4 Å². The first-order valence-electron chi connectivity index (χ1n) is 3.28. The lowest BCUT2D eigenvalue weighted by Gasteiger charge is -2.06. The molecule has 0 unspecified atom stereocenters. The zero-order chi connectivity index (χ0) is 10.9. The number of aromatic nitrogens is 1. The van der Waals surface area contributed by atoms with Crippen LogP contribution in [-0.4, -0.2) is 19.7 Å². The minimum Gasteiger partial charge on any atom is -0.267 e. The van der Waals surface area contributed by atoms with Crippen LogP contribution in [0.1, 0.15) is 0 Å². The second kappa shape index (κ2) is 4.27. The van der Waals surface area contributed by atoms with Gasteiger partial charge in [0.05, 0.1) is 20.5 Å². The SMILES string of the molecule is CS(=O)(=O)Nc1ncc(F)c(Br)c1I. The van der Waals surface area contributed by atoms with Crippen LogP contribution in [0.15, 0.2) is 10.7 Å². The molecule has 1 rings (SSSR count). The normalized spacial score (nSPS) is 11.4. The van der Waals surface area contributed by atoms with Gasteiger partial charge in [-0.05, 0) is 38.5 Å². The molecule has 0 fully saturated rings. The molecule has 1 aromatic heterocycles. The first-order valence-corrected chi connectivity index (χ1v) is 7.05. The van der Waals surface area contributed by atoms with Gasteiger partial charge in [-0.3, -0.25) is 4.72 Å². The molecular formula is C6H5BrFIN2O2S. The summed E-state index contributed by atoms with van der Waals surface area (Å²) in [4.78, 5) is 3.62. The summed E-state index contributed by atoms with van der Waals surface area (Å²) in [6.45, 7) is 0. The van der Waals surface area contributed by atoms with Gasteiger partial charge >= 0.3 is 0 Å². The van der Waals surface area contributed by atoms with E-state index in [-0.39, 0.29) is 10.3 Å². The second-order valence-corrected chi connectivity index (χ2v) is 6.08. The number of halogens is 3. The summed E-state index contributed by atoms with van der Waals surface area (Å²) in [7, 11) is -3.39. The van der Waals surface area contributed by atoms with E-state index < -0.39 is 15.8 Å². The lowest BCUT2D eigenvalue weighted by atomic mass is 10.4. The van der Waals surface area contributed by atoms with Gasteiger partial charge in [0.25, 0.3) is 0 Å². The lowest BCUT2D eigenvalue weighted by Crippen LogP contribution is -2.12. The monoisotopic (exact) mass is 394 g/mol. The largest absolute Gasteiger partial charge is 0.267 e. The molecule has 0 saturated heterocycles. The van der Waals surface area contributed by atoms with Crippen LogP contribution >= 0.6 is 38.5 Å². The van der Waals surface area contributed by atoms with E-state index in [0.29, 0.717) is 3.57 Å². The van der Waals surface area contributed by atoms with Gasteiger partial charge in [-0.1, -0.05) is 0 Å².